The van der Waals surface area contributed by atoms with Crippen molar-refractivity contribution in [3.63, 3.8) is 0 Å². The van der Waals surface area contributed by atoms with Gasteiger partial charge in [-0.1, -0.05) is 0 Å². The molecule has 0 unspecified atom stereocenters. The van der Waals surface area contributed by atoms with Crippen LogP contribution in [0.5, 0.6) is 23.0 Å². The van der Waals surface area contributed by atoms with Gasteiger partial charge in [0.15, 0.2) is 23.0 Å². The lowest BCUT2D eigenvalue weighted by Crippen LogP contribution is -2.15. The Hall–Kier alpha value is -2.73. The highest BCUT2D eigenvalue weighted by Crippen LogP contribution is 2.39. The van der Waals surface area contributed by atoms with Crippen LogP contribution in [0.15, 0.2) is 41.8 Å². The summed E-state index contributed by atoms with van der Waals surface area (Å²) < 4.78 is 22.0. The van der Waals surface area contributed by atoms with Crippen LogP contribution in [-0.2, 0) is 0 Å². The Morgan fingerprint density at radius 3 is 2.33 bits per heavy atom. The third-order valence-electron chi connectivity index (χ3n) is 3.96. The largest absolute Gasteiger partial charge is 0.486 e. The molecule has 0 bridgehead atoms. The molecule has 5 rings (SSSR count). The lowest BCUT2D eigenvalue weighted by atomic mass is 10.1. The summed E-state index contributed by atoms with van der Waals surface area (Å²) in [4.78, 5) is 4.75. The van der Waals surface area contributed by atoms with Gasteiger partial charge in [0, 0.05) is 16.5 Å². The molecule has 2 aliphatic heterocycles. The van der Waals surface area contributed by atoms with Crippen molar-refractivity contribution < 1.29 is 18.9 Å². The monoisotopic (exact) mass is 339 g/mol. The molecule has 5 nitrogen and oxygen atoms in total. The first-order valence-electron chi connectivity index (χ1n) is 7.62. The number of nitrogens with zero attached hydrogens (tertiary/aromatic N) is 1. The normalized spacial score (nSPS) is 14.7. The fourth-order valence-electron chi connectivity index (χ4n) is 2.77. The second-order valence-corrected chi connectivity index (χ2v) is 6.32. The van der Waals surface area contributed by atoms with Crippen molar-refractivity contribution in [2.75, 3.05) is 20.0 Å². The van der Waals surface area contributed by atoms with Gasteiger partial charge in [0.2, 0.25) is 6.79 Å². The Labute approximate surface area is 142 Å². The fraction of sp³-hybridized carbons (Fsp3) is 0.167. The van der Waals surface area contributed by atoms with Gasteiger partial charge >= 0.3 is 0 Å². The number of thiazole rings is 1. The van der Waals surface area contributed by atoms with Crippen LogP contribution in [-0.4, -0.2) is 25.0 Å². The molecule has 2 aromatic carbocycles. The molecule has 1 aromatic heterocycles. The number of ether oxygens (including phenoxy) is 4. The summed E-state index contributed by atoms with van der Waals surface area (Å²) in [5.74, 6) is 3.11. The Kier molecular flexibility index (Phi) is 3.09. The van der Waals surface area contributed by atoms with E-state index in [0.29, 0.717) is 13.2 Å². The van der Waals surface area contributed by atoms with Crippen molar-refractivity contribution in [1.82, 2.24) is 4.98 Å². The van der Waals surface area contributed by atoms with Gasteiger partial charge in [-0.2, -0.15) is 0 Å². The van der Waals surface area contributed by atoms with Gasteiger partial charge in [-0.25, -0.2) is 4.98 Å². The predicted molar refractivity (Wildman–Crippen MR) is 90.1 cm³/mol. The van der Waals surface area contributed by atoms with Gasteiger partial charge in [0.25, 0.3) is 0 Å². The number of aromatic nitrogens is 1. The van der Waals surface area contributed by atoms with E-state index in [9.17, 15) is 0 Å². The molecule has 0 atom stereocenters. The Morgan fingerprint density at radius 2 is 1.42 bits per heavy atom. The maximum atomic E-state index is 5.65. The highest BCUT2D eigenvalue weighted by molar-refractivity contribution is 7.13. The second-order valence-electron chi connectivity index (χ2n) is 5.46. The maximum Gasteiger partial charge on any atom is 0.231 e. The van der Waals surface area contributed by atoms with Crippen LogP contribution in [0.1, 0.15) is 0 Å². The SMILES string of the molecule is c1cc2c(cc1-c1csc(-c3ccc4c(c3)OCCO4)n1)OCO2. The quantitative estimate of drug-likeness (QED) is 0.707. The minimum Gasteiger partial charge on any atom is -0.486 e. The van der Waals surface area contributed by atoms with Crippen molar-refractivity contribution >= 4 is 11.3 Å². The topological polar surface area (TPSA) is 49.8 Å². The summed E-state index contributed by atoms with van der Waals surface area (Å²) >= 11 is 1.60. The van der Waals surface area contributed by atoms with Crippen LogP contribution in [0, 0.1) is 0 Å². The lowest BCUT2D eigenvalue weighted by Gasteiger charge is -2.18. The minimum absolute atomic E-state index is 0.276. The molecule has 0 N–H and O–H groups in total. The van der Waals surface area contributed by atoms with E-state index in [0.717, 1.165) is 44.8 Å². The van der Waals surface area contributed by atoms with E-state index in [4.69, 9.17) is 23.9 Å². The minimum atomic E-state index is 0.276. The average molecular weight is 339 g/mol. The fourth-order valence-corrected chi connectivity index (χ4v) is 3.60. The molecule has 6 heteroatoms. The number of fused-ring (bicyclic) bond motifs is 2. The Bertz CT molecular complexity index is 921. The zero-order chi connectivity index (χ0) is 15.9. The highest BCUT2D eigenvalue weighted by Gasteiger charge is 2.17. The number of hydrogen-bond acceptors (Lipinski definition) is 6. The summed E-state index contributed by atoms with van der Waals surface area (Å²) in [7, 11) is 0. The van der Waals surface area contributed by atoms with Crippen LogP contribution < -0.4 is 18.9 Å². The van der Waals surface area contributed by atoms with E-state index in [1.165, 1.54) is 0 Å². The summed E-state index contributed by atoms with van der Waals surface area (Å²) in [5.41, 5.74) is 2.96. The molecule has 0 fully saturated rings. The molecule has 24 heavy (non-hydrogen) atoms. The van der Waals surface area contributed by atoms with Crippen LogP contribution in [0.3, 0.4) is 0 Å². The van der Waals surface area contributed by atoms with E-state index in [1.807, 2.05) is 41.8 Å². The first kappa shape index (κ1) is 13.7. The standard InChI is InChI=1S/C18H13NO4S/c1-3-15-17(23-10-22-15)7-11(1)13-9-24-18(19-13)12-2-4-14-16(8-12)21-6-5-20-14/h1-4,7-9H,5-6,10H2. The van der Waals surface area contributed by atoms with Gasteiger partial charge < -0.3 is 18.9 Å². The molecule has 3 aromatic rings. The smallest absolute Gasteiger partial charge is 0.231 e. The van der Waals surface area contributed by atoms with E-state index < -0.39 is 0 Å². The van der Waals surface area contributed by atoms with E-state index in [-0.39, 0.29) is 6.79 Å². The highest BCUT2D eigenvalue weighted by atomic mass is 32.1. The van der Waals surface area contributed by atoms with Crippen LogP contribution >= 0.6 is 11.3 Å². The second kappa shape index (κ2) is 5.42. The Morgan fingerprint density at radius 1 is 0.750 bits per heavy atom. The molecule has 0 saturated carbocycles. The maximum absolute atomic E-state index is 5.65. The molecular weight excluding hydrogens is 326 g/mol. The van der Waals surface area contributed by atoms with Crippen LogP contribution in [0.2, 0.25) is 0 Å². The number of hydrogen-bond donors (Lipinski definition) is 0. The van der Waals surface area contributed by atoms with Crippen molar-refractivity contribution in [3.05, 3.63) is 41.8 Å². The lowest BCUT2D eigenvalue weighted by molar-refractivity contribution is 0.171. The van der Waals surface area contributed by atoms with Gasteiger partial charge in [0.1, 0.15) is 18.2 Å². The van der Waals surface area contributed by atoms with E-state index in [2.05, 4.69) is 0 Å². The molecule has 0 aliphatic carbocycles. The first-order chi connectivity index (χ1) is 11.9. The van der Waals surface area contributed by atoms with Gasteiger partial charge in [0.05, 0.1) is 5.69 Å². The molecule has 0 saturated heterocycles. The van der Waals surface area contributed by atoms with Gasteiger partial charge in [-0.05, 0) is 36.4 Å². The van der Waals surface area contributed by atoms with Crippen molar-refractivity contribution in [2.45, 2.75) is 0 Å². The predicted octanol–water partition coefficient (Wildman–Crippen LogP) is 3.98. The Balaban J connectivity index is 1.49. The van der Waals surface area contributed by atoms with Crippen molar-refractivity contribution in [2.24, 2.45) is 0 Å². The summed E-state index contributed by atoms with van der Waals surface area (Å²) in [6.45, 7) is 1.45. The van der Waals surface area contributed by atoms with Crippen molar-refractivity contribution in [3.8, 4) is 44.8 Å². The van der Waals surface area contributed by atoms with E-state index in [1.54, 1.807) is 11.3 Å². The summed E-state index contributed by atoms with van der Waals surface area (Å²) in [5, 5.41) is 2.99. The molecule has 0 spiro atoms. The van der Waals surface area contributed by atoms with Crippen LogP contribution in [0.25, 0.3) is 21.8 Å². The zero-order valence-electron chi connectivity index (χ0n) is 12.7. The molecule has 0 radical (unpaired) electrons. The average Bonchev–Trinajstić information content (AvgIpc) is 3.30. The molecule has 3 heterocycles. The van der Waals surface area contributed by atoms with Crippen molar-refractivity contribution in [1.29, 1.82) is 0 Å². The summed E-state index contributed by atoms with van der Waals surface area (Å²) in [6.07, 6.45) is 0. The van der Waals surface area contributed by atoms with Gasteiger partial charge in [-0.3, -0.25) is 0 Å². The third kappa shape index (κ3) is 2.27. The first-order valence-corrected chi connectivity index (χ1v) is 8.50. The van der Waals surface area contributed by atoms with E-state index >= 15 is 0 Å². The van der Waals surface area contributed by atoms with Crippen LogP contribution in [0.4, 0.5) is 0 Å². The summed E-state index contributed by atoms with van der Waals surface area (Å²) in [6, 6.07) is 11.8. The van der Waals surface area contributed by atoms with Gasteiger partial charge in [-0.15, -0.1) is 11.3 Å². The number of rotatable bonds is 2. The molecule has 0 amide bonds. The third-order valence-corrected chi connectivity index (χ3v) is 4.85. The zero-order valence-corrected chi connectivity index (χ0v) is 13.5. The number of benzene rings is 2. The molecule has 120 valence electrons. The molecular formula is C18H13NO4S. The molecule has 2 aliphatic rings.